The summed E-state index contributed by atoms with van der Waals surface area (Å²) < 4.78 is 0. The van der Waals surface area contributed by atoms with Crippen molar-refractivity contribution in [2.24, 2.45) is 11.5 Å². The number of carboxylic acids is 2. The van der Waals surface area contributed by atoms with Crippen molar-refractivity contribution < 1.29 is 39.3 Å². The van der Waals surface area contributed by atoms with Crippen LogP contribution in [0.5, 0.6) is 5.75 Å². The number of aromatic hydroxyl groups is 1. The number of phenolic OH excluding ortho intramolecular Hbond substituents is 1. The third-order valence-corrected chi connectivity index (χ3v) is 6.22. The average Bonchev–Trinajstić information content (AvgIpc) is 2.93. The Labute approximate surface area is 237 Å². The molecule has 13 heteroatoms. The fourth-order valence-corrected chi connectivity index (χ4v) is 3.97. The third kappa shape index (κ3) is 11.6. The van der Waals surface area contributed by atoms with Crippen LogP contribution in [-0.2, 0) is 36.8 Å². The number of carbonyl (C=O) groups excluding carboxylic acids is 3. The van der Waals surface area contributed by atoms with Gasteiger partial charge in [-0.1, -0.05) is 48.9 Å². The summed E-state index contributed by atoms with van der Waals surface area (Å²) in [7, 11) is 0. The van der Waals surface area contributed by atoms with E-state index < -0.39 is 60.2 Å². The number of carbonyl (C=O) groups is 5. The van der Waals surface area contributed by atoms with Gasteiger partial charge >= 0.3 is 11.9 Å². The van der Waals surface area contributed by atoms with Gasteiger partial charge in [-0.05, 0) is 42.6 Å². The standard InChI is InChI=1S/C28H37N5O8/c29-13-5-4-8-20(30)25(37)31-21(14-17-6-2-1-3-7-17)26(38)32-22(16-24(35)36)27(39)33-23(28(40)41)15-18-9-11-19(34)12-10-18/h1-3,6-7,9-12,20-23,34H,4-5,8,13-16,29-30H2,(H,31,37)(H,32,38)(H,33,39)(H,35,36)(H,40,41). The number of unbranched alkanes of at least 4 members (excludes halogenated alkanes) is 1. The summed E-state index contributed by atoms with van der Waals surface area (Å²) >= 11 is 0. The number of carboxylic acid groups (broad SMARTS) is 2. The Morgan fingerprint density at radius 1 is 0.707 bits per heavy atom. The Morgan fingerprint density at radius 2 is 1.24 bits per heavy atom. The van der Waals surface area contributed by atoms with E-state index in [0.29, 0.717) is 36.9 Å². The van der Waals surface area contributed by atoms with Gasteiger partial charge in [0.05, 0.1) is 12.5 Å². The van der Waals surface area contributed by atoms with Crippen molar-refractivity contribution in [3.63, 3.8) is 0 Å². The molecule has 10 N–H and O–H groups in total. The van der Waals surface area contributed by atoms with Gasteiger partial charge in [0.25, 0.3) is 0 Å². The molecule has 3 amide bonds. The lowest BCUT2D eigenvalue weighted by Crippen LogP contribution is -2.58. The Hall–Kier alpha value is -4.49. The summed E-state index contributed by atoms with van der Waals surface area (Å²) in [6, 6.07) is 9.17. The van der Waals surface area contributed by atoms with Crippen LogP contribution >= 0.6 is 0 Å². The molecule has 0 aliphatic rings. The molecule has 0 aliphatic heterocycles. The molecule has 13 nitrogen and oxygen atoms in total. The predicted molar refractivity (Wildman–Crippen MR) is 149 cm³/mol. The Morgan fingerprint density at radius 3 is 1.83 bits per heavy atom. The highest BCUT2D eigenvalue weighted by Crippen LogP contribution is 2.12. The number of amides is 3. The van der Waals surface area contributed by atoms with Crippen LogP contribution in [-0.4, -0.2) is 75.7 Å². The van der Waals surface area contributed by atoms with Crippen molar-refractivity contribution in [2.75, 3.05) is 6.54 Å². The molecule has 0 saturated heterocycles. The number of aliphatic carboxylic acids is 2. The summed E-state index contributed by atoms with van der Waals surface area (Å²) in [5.41, 5.74) is 12.6. The van der Waals surface area contributed by atoms with E-state index in [1.807, 2.05) is 0 Å². The quantitative estimate of drug-likeness (QED) is 0.115. The molecule has 4 atom stereocenters. The van der Waals surface area contributed by atoms with E-state index in [9.17, 15) is 39.3 Å². The van der Waals surface area contributed by atoms with Gasteiger partial charge in [-0.2, -0.15) is 0 Å². The van der Waals surface area contributed by atoms with Crippen LogP contribution in [0.15, 0.2) is 54.6 Å². The number of phenols is 1. The highest BCUT2D eigenvalue weighted by atomic mass is 16.4. The normalized spacial score (nSPS) is 13.7. The van der Waals surface area contributed by atoms with Gasteiger partial charge in [0.2, 0.25) is 17.7 Å². The molecule has 0 spiro atoms. The van der Waals surface area contributed by atoms with Crippen LogP contribution < -0.4 is 27.4 Å². The number of nitrogens with two attached hydrogens (primary N) is 2. The molecule has 4 unspecified atom stereocenters. The second-order valence-corrected chi connectivity index (χ2v) is 9.57. The van der Waals surface area contributed by atoms with Crippen LogP contribution in [0.4, 0.5) is 0 Å². The SMILES string of the molecule is NCCCCC(N)C(=O)NC(Cc1ccccc1)C(=O)NC(CC(=O)O)C(=O)NC(Cc1ccc(O)cc1)C(=O)O. The number of hydrogen-bond donors (Lipinski definition) is 8. The molecular formula is C28H37N5O8. The molecular weight excluding hydrogens is 534 g/mol. The fraction of sp³-hybridized carbons (Fsp3) is 0.393. The van der Waals surface area contributed by atoms with Gasteiger partial charge in [-0.15, -0.1) is 0 Å². The minimum Gasteiger partial charge on any atom is -0.508 e. The Balaban J connectivity index is 2.20. The summed E-state index contributed by atoms with van der Waals surface area (Å²) in [6.07, 6.45) is 0.636. The minimum absolute atomic E-state index is 0.0218. The molecule has 2 aromatic carbocycles. The van der Waals surface area contributed by atoms with Crippen molar-refractivity contribution in [2.45, 2.75) is 62.7 Å². The van der Waals surface area contributed by atoms with Crippen molar-refractivity contribution in [1.29, 1.82) is 0 Å². The van der Waals surface area contributed by atoms with Gasteiger partial charge in [0.15, 0.2) is 0 Å². The van der Waals surface area contributed by atoms with Gasteiger partial charge in [0.1, 0.15) is 23.9 Å². The van der Waals surface area contributed by atoms with E-state index in [2.05, 4.69) is 16.0 Å². The van der Waals surface area contributed by atoms with Crippen molar-refractivity contribution in [3.8, 4) is 5.75 Å². The number of benzene rings is 2. The van der Waals surface area contributed by atoms with Gasteiger partial charge in [-0.3, -0.25) is 19.2 Å². The maximum atomic E-state index is 13.3. The van der Waals surface area contributed by atoms with E-state index >= 15 is 0 Å². The molecule has 0 fully saturated rings. The van der Waals surface area contributed by atoms with E-state index in [0.717, 1.165) is 0 Å². The molecule has 0 heterocycles. The van der Waals surface area contributed by atoms with Crippen molar-refractivity contribution >= 4 is 29.7 Å². The summed E-state index contributed by atoms with van der Waals surface area (Å²) in [5, 5.41) is 35.7. The van der Waals surface area contributed by atoms with E-state index in [4.69, 9.17) is 11.5 Å². The second-order valence-electron chi connectivity index (χ2n) is 9.57. The van der Waals surface area contributed by atoms with Gasteiger partial charge in [0, 0.05) is 12.8 Å². The first-order valence-corrected chi connectivity index (χ1v) is 13.1. The molecule has 2 aromatic rings. The Kier molecular flexibility index (Phi) is 13.2. The summed E-state index contributed by atoms with van der Waals surface area (Å²) in [6.45, 7) is 0.443. The van der Waals surface area contributed by atoms with Crippen LogP contribution in [0, 0.1) is 0 Å². The fourth-order valence-electron chi connectivity index (χ4n) is 3.97. The molecule has 0 aromatic heterocycles. The molecule has 0 radical (unpaired) electrons. The van der Waals surface area contributed by atoms with Crippen LogP contribution in [0.25, 0.3) is 0 Å². The zero-order valence-corrected chi connectivity index (χ0v) is 22.5. The molecule has 0 aliphatic carbocycles. The highest BCUT2D eigenvalue weighted by Gasteiger charge is 2.32. The lowest BCUT2D eigenvalue weighted by atomic mass is 10.0. The van der Waals surface area contributed by atoms with Gasteiger partial charge < -0.3 is 42.7 Å². The smallest absolute Gasteiger partial charge is 0.326 e. The largest absolute Gasteiger partial charge is 0.508 e. The Bertz CT molecular complexity index is 1180. The van der Waals surface area contributed by atoms with Crippen LogP contribution in [0.3, 0.4) is 0 Å². The first kappa shape index (κ1) is 32.7. The third-order valence-electron chi connectivity index (χ3n) is 6.22. The monoisotopic (exact) mass is 571 g/mol. The molecule has 41 heavy (non-hydrogen) atoms. The van der Waals surface area contributed by atoms with Crippen LogP contribution in [0.1, 0.15) is 36.8 Å². The zero-order chi connectivity index (χ0) is 30.4. The van der Waals surface area contributed by atoms with E-state index in [1.54, 1.807) is 30.3 Å². The topological polar surface area (TPSA) is 234 Å². The predicted octanol–water partition coefficient (Wildman–Crippen LogP) is -0.353. The number of nitrogens with one attached hydrogen (secondary N) is 3. The number of hydrogen-bond acceptors (Lipinski definition) is 8. The highest BCUT2D eigenvalue weighted by molar-refractivity contribution is 5.95. The molecule has 222 valence electrons. The maximum absolute atomic E-state index is 13.3. The first-order valence-electron chi connectivity index (χ1n) is 13.1. The maximum Gasteiger partial charge on any atom is 0.326 e. The van der Waals surface area contributed by atoms with E-state index in [1.165, 1.54) is 24.3 Å². The van der Waals surface area contributed by atoms with E-state index in [-0.39, 0.29) is 18.6 Å². The summed E-state index contributed by atoms with van der Waals surface area (Å²) in [5.74, 6) is -5.30. The molecule has 0 saturated carbocycles. The van der Waals surface area contributed by atoms with Gasteiger partial charge in [-0.25, -0.2) is 4.79 Å². The summed E-state index contributed by atoms with van der Waals surface area (Å²) in [4.78, 5) is 62.4. The minimum atomic E-state index is -1.64. The molecule has 2 rings (SSSR count). The zero-order valence-electron chi connectivity index (χ0n) is 22.5. The van der Waals surface area contributed by atoms with Crippen molar-refractivity contribution in [3.05, 3.63) is 65.7 Å². The molecule has 0 bridgehead atoms. The average molecular weight is 572 g/mol. The lowest BCUT2D eigenvalue weighted by molar-refractivity contribution is -0.143. The second kappa shape index (κ2) is 16.6. The number of rotatable bonds is 17. The first-order chi connectivity index (χ1) is 19.5. The lowest BCUT2D eigenvalue weighted by Gasteiger charge is -2.25. The van der Waals surface area contributed by atoms with Crippen LogP contribution in [0.2, 0.25) is 0 Å². The van der Waals surface area contributed by atoms with Crippen molar-refractivity contribution in [1.82, 2.24) is 16.0 Å².